The van der Waals surface area contributed by atoms with Crippen LogP contribution < -0.4 is 5.32 Å². The number of thiazole rings is 1. The molecule has 4 nitrogen and oxygen atoms in total. The van der Waals surface area contributed by atoms with Gasteiger partial charge < -0.3 is 5.32 Å². The number of aryl methyl sites for hydroxylation is 1. The summed E-state index contributed by atoms with van der Waals surface area (Å²) in [5.74, 6) is 1.24. The number of alkyl halides is 1. The third kappa shape index (κ3) is 1.88. The SMILES string of the molecule is Cn1nc(Nc2nccs2)cc1CCl. The van der Waals surface area contributed by atoms with Gasteiger partial charge in [-0.05, 0) is 0 Å². The van der Waals surface area contributed by atoms with E-state index in [-0.39, 0.29) is 0 Å². The van der Waals surface area contributed by atoms with Crippen LogP contribution in [0.15, 0.2) is 17.6 Å². The van der Waals surface area contributed by atoms with Crippen LogP contribution in [-0.4, -0.2) is 14.8 Å². The van der Waals surface area contributed by atoms with Crippen LogP contribution in [0.5, 0.6) is 0 Å². The number of rotatable bonds is 3. The second kappa shape index (κ2) is 3.98. The van der Waals surface area contributed by atoms with Gasteiger partial charge in [0.05, 0.1) is 11.6 Å². The first-order chi connectivity index (χ1) is 6.79. The minimum absolute atomic E-state index is 0.461. The Morgan fingerprint density at radius 3 is 3.07 bits per heavy atom. The lowest BCUT2D eigenvalue weighted by Gasteiger charge is -1.94. The molecule has 2 heterocycles. The van der Waals surface area contributed by atoms with Crippen LogP contribution in [-0.2, 0) is 12.9 Å². The maximum Gasteiger partial charge on any atom is 0.188 e. The van der Waals surface area contributed by atoms with Crippen molar-refractivity contribution in [3.63, 3.8) is 0 Å². The van der Waals surface area contributed by atoms with E-state index < -0.39 is 0 Å². The van der Waals surface area contributed by atoms with Crippen LogP contribution in [0.1, 0.15) is 5.69 Å². The van der Waals surface area contributed by atoms with E-state index in [1.807, 2.05) is 18.5 Å². The summed E-state index contributed by atoms with van der Waals surface area (Å²) >= 11 is 7.26. The molecule has 14 heavy (non-hydrogen) atoms. The summed E-state index contributed by atoms with van der Waals surface area (Å²) in [7, 11) is 1.87. The molecule has 0 aliphatic heterocycles. The van der Waals surface area contributed by atoms with Crippen LogP contribution in [0, 0.1) is 0 Å². The Balaban J connectivity index is 2.17. The summed E-state index contributed by atoms with van der Waals surface area (Å²) < 4.78 is 1.75. The van der Waals surface area contributed by atoms with E-state index in [0.29, 0.717) is 5.88 Å². The molecule has 0 aliphatic carbocycles. The molecule has 0 saturated heterocycles. The Bertz CT molecular complexity index is 409. The average Bonchev–Trinajstić information content (AvgIpc) is 2.76. The highest BCUT2D eigenvalue weighted by atomic mass is 35.5. The third-order valence-electron chi connectivity index (χ3n) is 1.78. The fourth-order valence-corrected chi connectivity index (χ4v) is 1.87. The summed E-state index contributed by atoms with van der Waals surface area (Å²) in [4.78, 5) is 4.10. The molecule has 0 aliphatic rings. The molecule has 1 N–H and O–H groups in total. The van der Waals surface area contributed by atoms with E-state index in [4.69, 9.17) is 11.6 Å². The number of halogens is 1. The van der Waals surface area contributed by atoms with Gasteiger partial charge in [0.2, 0.25) is 0 Å². The quantitative estimate of drug-likeness (QED) is 0.821. The largest absolute Gasteiger partial charge is 0.315 e. The minimum Gasteiger partial charge on any atom is -0.315 e. The van der Waals surface area contributed by atoms with Crippen molar-refractivity contribution in [1.29, 1.82) is 0 Å². The Kier molecular flexibility index (Phi) is 2.69. The zero-order valence-electron chi connectivity index (χ0n) is 7.57. The third-order valence-corrected chi connectivity index (χ3v) is 2.74. The summed E-state index contributed by atoms with van der Waals surface area (Å²) in [5.41, 5.74) is 0.978. The highest BCUT2D eigenvalue weighted by Crippen LogP contribution is 2.18. The minimum atomic E-state index is 0.461. The second-order valence-electron chi connectivity index (χ2n) is 2.74. The number of nitrogens with one attached hydrogen (secondary N) is 1. The molecule has 0 fully saturated rings. The molecule has 0 amide bonds. The normalized spacial score (nSPS) is 10.4. The summed E-state index contributed by atoms with van der Waals surface area (Å²) in [5, 5.41) is 10.1. The zero-order valence-corrected chi connectivity index (χ0v) is 9.14. The number of hydrogen-bond acceptors (Lipinski definition) is 4. The van der Waals surface area contributed by atoms with Gasteiger partial charge in [0, 0.05) is 24.7 Å². The molecule has 0 bridgehead atoms. The molecule has 0 saturated carbocycles. The van der Waals surface area contributed by atoms with Gasteiger partial charge in [0.1, 0.15) is 0 Å². The maximum atomic E-state index is 5.73. The topological polar surface area (TPSA) is 42.7 Å². The van der Waals surface area contributed by atoms with Crippen molar-refractivity contribution in [2.75, 3.05) is 5.32 Å². The van der Waals surface area contributed by atoms with Crippen molar-refractivity contribution < 1.29 is 0 Å². The van der Waals surface area contributed by atoms with Crippen molar-refractivity contribution in [3.8, 4) is 0 Å². The van der Waals surface area contributed by atoms with Gasteiger partial charge in [0.25, 0.3) is 0 Å². The van der Waals surface area contributed by atoms with E-state index in [1.165, 1.54) is 11.3 Å². The zero-order chi connectivity index (χ0) is 9.97. The van der Waals surface area contributed by atoms with Gasteiger partial charge in [0.15, 0.2) is 10.9 Å². The Labute approximate surface area is 90.5 Å². The standard InChI is InChI=1S/C8H9ClN4S/c1-13-6(5-9)4-7(12-13)11-8-10-2-3-14-8/h2-4H,5H2,1H3,(H,10,11,12). The molecule has 2 rings (SSSR count). The first kappa shape index (κ1) is 9.48. The molecular formula is C8H9ClN4S. The summed E-state index contributed by atoms with van der Waals surface area (Å²) in [6.07, 6.45) is 1.75. The van der Waals surface area contributed by atoms with Crippen LogP contribution in [0.3, 0.4) is 0 Å². The molecule has 2 aromatic heterocycles. The van der Waals surface area contributed by atoms with Gasteiger partial charge in [-0.25, -0.2) is 4.98 Å². The Morgan fingerprint density at radius 2 is 2.50 bits per heavy atom. The molecule has 0 aromatic carbocycles. The predicted octanol–water partition coefficient (Wildman–Crippen LogP) is 2.36. The predicted molar refractivity (Wildman–Crippen MR) is 58.2 cm³/mol. The monoisotopic (exact) mass is 228 g/mol. The smallest absolute Gasteiger partial charge is 0.188 e. The fourth-order valence-electron chi connectivity index (χ4n) is 1.09. The highest BCUT2D eigenvalue weighted by Gasteiger charge is 2.04. The molecule has 6 heteroatoms. The van der Waals surface area contributed by atoms with Crippen LogP contribution in [0.2, 0.25) is 0 Å². The van der Waals surface area contributed by atoms with Gasteiger partial charge in [-0.15, -0.1) is 22.9 Å². The van der Waals surface area contributed by atoms with E-state index in [0.717, 1.165) is 16.6 Å². The lowest BCUT2D eigenvalue weighted by Crippen LogP contribution is -1.96. The Morgan fingerprint density at radius 1 is 1.64 bits per heavy atom. The van der Waals surface area contributed by atoms with Gasteiger partial charge in [-0.3, -0.25) is 4.68 Å². The van der Waals surface area contributed by atoms with Crippen molar-refractivity contribution in [3.05, 3.63) is 23.3 Å². The lowest BCUT2D eigenvalue weighted by molar-refractivity contribution is 0.738. The van der Waals surface area contributed by atoms with Crippen molar-refractivity contribution >= 4 is 33.9 Å². The molecule has 74 valence electrons. The molecule has 0 atom stereocenters. The van der Waals surface area contributed by atoms with Gasteiger partial charge in [-0.2, -0.15) is 5.10 Å². The molecule has 2 aromatic rings. The number of aromatic nitrogens is 3. The number of anilines is 2. The van der Waals surface area contributed by atoms with E-state index >= 15 is 0 Å². The molecule has 0 radical (unpaired) electrons. The maximum absolute atomic E-state index is 5.73. The first-order valence-electron chi connectivity index (χ1n) is 4.05. The number of hydrogen-bond donors (Lipinski definition) is 1. The average molecular weight is 229 g/mol. The van der Waals surface area contributed by atoms with Crippen molar-refractivity contribution in [1.82, 2.24) is 14.8 Å². The van der Waals surface area contributed by atoms with E-state index in [9.17, 15) is 0 Å². The second-order valence-corrected chi connectivity index (χ2v) is 3.90. The van der Waals surface area contributed by atoms with E-state index in [1.54, 1.807) is 10.9 Å². The van der Waals surface area contributed by atoms with Gasteiger partial charge in [-0.1, -0.05) is 0 Å². The fraction of sp³-hybridized carbons (Fsp3) is 0.250. The van der Waals surface area contributed by atoms with Crippen molar-refractivity contribution in [2.45, 2.75) is 5.88 Å². The summed E-state index contributed by atoms with van der Waals surface area (Å²) in [6.45, 7) is 0. The molecular weight excluding hydrogens is 220 g/mol. The highest BCUT2D eigenvalue weighted by molar-refractivity contribution is 7.13. The van der Waals surface area contributed by atoms with Crippen LogP contribution in [0.25, 0.3) is 0 Å². The van der Waals surface area contributed by atoms with Gasteiger partial charge >= 0.3 is 0 Å². The first-order valence-corrected chi connectivity index (χ1v) is 5.46. The van der Waals surface area contributed by atoms with Crippen molar-refractivity contribution in [2.24, 2.45) is 7.05 Å². The van der Waals surface area contributed by atoms with Crippen LogP contribution in [0.4, 0.5) is 10.9 Å². The molecule has 0 unspecified atom stereocenters. The van der Waals surface area contributed by atoms with E-state index in [2.05, 4.69) is 15.4 Å². The van der Waals surface area contributed by atoms with Crippen LogP contribution >= 0.6 is 22.9 Å². The number of nitrogens with zero attached hydrogens (tertiary/aromatic N) is 3. The lowest BCUT2D eigenvalue weighted by atomic mass is 10.4. The Hall–Kier alpha value is -1.07. The molecule has 0 spiro atoms. The summed E-state index contributed by atoms with van der Waals surface area (Å²) in [6, 6.07) is 1.91.